The lowest BCUT2D eigenvalue weighted by atomic mass is 10.2. The summed E-state index contributed by atoms with van der Waals surface area (Å²) in [4.78, 5) is 18.5. The Morgan fingerprint density at radius 2 is 2.08 bits per heavy atom. The van der Waals surface area contributed by atoms with Crippen molar-refractivity contribution in [1.82, 2.24) is 19.2 Å². The van der Waals surface area contributed by atoms with Gasteiger partial charge in [0, 0.05) is 16.3 Å². The molecule has 0 bridgehead atoms. The fraction of sp³-hybridized carbons (Fsp3) is 0.278. The zero-order valence-electron chi connectivity index (χ0n) is 14.5. The van der Waals surface area contributed by atoms with Crippen molar-refractivity contribution in [2.75, 3.05) is 0 Å². The summed E-state index contributed by atoms with van der Waals surface area (Å²) in [7, 11) is 0. The molecule has 26 heavy (non-hydrogen) atoms. The minimum absolute atomic E-state index is 0.232. The predicted octanol–water partition coefficient (Wildman–Crippen LogP) is 2.96. The molecule has 0 aliphatic carbocycles. The lowest BCUT2D eigenvalue weighted by molar-refractivity contribution is 0.192. The first-order valence-corrected chi connectivity index (χ1v) is 8.99. The number of nitrogens with zero attached hydrogens (tertiary/aromatic N) is 4. The van der Waals surface area contributed by atoms with Crippen LogP contribution >= 0.6 is 11.3 Å². The van der Waals surface area contributed by atoms with Gasteiger partial charge in [-0.3, -0.25) is 13.9 Å². The molecule has 8 heteroatoms. The summed E-state index contributed by atoms with van der Waals surface area (Å²) in [6, 6.07) is 5.98. The summed E-state index contributed by atoms with van der Waals surface area (Å²) in [5.41, 5.74) is 2.43. The van der Waals surface area contributed by atoms with E-state index < -0.39 is 6.10 Å². The van der Waals surface area contributed by atoms with Crippen LogP contribution in [0.15, 0.2) is 29.1 Å². The van der Waals surface area contributed by atoms with E-state index >= 15 is 0 Å². The molecule has 0 amide bonds. The third-order valence-corrected chi connectivity index (χ3v) is 5.36. The minimum Gasteiger partial charge on any atom is -0.387 e. The van der Waals surface area contributed by atoms with Crippen LogP contribution in [0.3, 0.4) is 0 Å². The standard InChI is InChI=1S/C18H17FN4O2S/c1-9-14-6-12(19)4-5-15(14)22(21-9)8-13-7-16(25)23-17(10(2)24)11(3)26-18(23)20-13/h4-7,10,24H,8H2,1-3H3. The molecule has 0 aliphatic rings. The summed E-state index contributed by atoms with van der Waals surface area (Å²) in [6.07, 6.45) is -0.748. The molecule has 3 aromatic heterocycles. The third kappa shape index (κ3) is 2.62. The van der Waals surface area contributed by atoms with Crippen LogP contribution in [0.4, 0.5) is 4.39 Å². The van der Waals surface area contributed by atoms with E-state index in [1.54, 1.807) is 17.7 Å². The van der Waals surface area contributed by atoms with Gasteiger partial charge in [0.15, 0.2) is 4.96 Å². The molecule has 0 fully saturated rings. The van der Waals surface area contributed by atoms with E-state index in [0.29, 0.717) is 22.9 Å². The fourth-order valence-electron chi connectivity index (χ4n) is 3.29. The zero-order chi connectivity index (χ0) is 18.6. The van der Waals surface area contributed by atoms with Crippen LogP contribution in [0.5, 0.6) is 0 Å². The van der Waals surface area contributed by atoms with Crippen molar-refractivity contribution >= 4 is 27.2 Å². The Balaban J connectivity index is 1.83. The second kappa shape index (κ2) is 6.00. The highest BCUT2D eigenvalue weighted by molar-refractivity contribution is 7.17. The molecule has 0 spiro atoms. The van der Waals surface area contributed by atoms with Crippen LogP contribution in [-0.4, -0.2) is 24.3 Å². The van der Waals surface area contributed by atoms with Crippen LogP contribution in [-0.2, 0) is 6.54 Å². The van der Waals surface area contributed by atoms with Gasteiger partial charge >= 0.3 is 0 Å². The molecule has 6 nitrogen and oxygen atoms in total. The number of aliphatic hydroxyl groups is 1. The van der Waals surface area contributed by atoms with Gasteiger partial charge in [-0.05, 0) is 39.0 Å². The molecule has 0 saturated carbocycles. The second-order valence-corrected chi connectivity index (χ2v) is 7.51. The monoisotopic (exact) mass is 372 g/mol. The normalized spacial score (nSPS) is 13.0. The number of aliphatic hydroxyl groups excluding tert-OH is 1. The molecule has 1 N–H and O–H groups in total. The Hall–Kier alpha value is -2.58. The van der Waals surface area contributed by atoms with E-state index in [1.165, 1.54) is 33.9 Å². The number of benzene rings is 1. The van der Waals surface area contributed by atoms with Crippen molar-refractivity contribution in [1.29, 1.82) is 0 Å². The summed E-state index contributed by atoms with van der Waals surface area (Å²) < 4.78 is 16.6. The average molecular weight is 372 g/mol. The quantitative estimate of drug-likeness (QED) is 0.600. The van der Waals surface area contributed by atoms with Crippen LogP contribution in [0.1, 0.15) is 35.0 Å². The molecular weight excluding hydrogens is 355 g/mol. The van der Waals surface area contributed by atoms with Gasteiger partial charge in [-0.25, -0.2) is 9.37 Å². The summed E-state index contributed by atoms with van der Waals surface area (Å²) in [5, 5.41) is 15.1. The Morgan fingerprint density at radius 1 is 1.31 bits per heavy atom. The number of aromatic nitrogens is 4. The molecule has 0 saturated heterocycles. The van der Waals surface area contributed by atoms with Crippen LogP contribution in [0, 0.1) is 19.7 Å². The number of fused-ring (bicyclic) bond motifs is 2. The Labute approximate surface area is 152 Å². The van der Waals surface area contributed by atoms with Crippen LogP contribution in [0.25, 0.3) is 15.9 Å². The van der Waals surface area contributed by atoms with Crippen molar-refractivity contribution < 1.29 is 9.50 Å². The van der Waals surface area contributed by atoms with E-state index in [0.717, 1.165) is 21.5 Å². The molecule has 1 aromatic carbocycles. The highest BCUT2D eigenvalue weighted by Crippen LogP contribution is 2.25. The Kier molecular flexibility index (Phi) is 3.89. The van der Waals surface area contributed by atoms with Gasteiger partial charge in [-0.1, -0.05) is 0 Å². The Morgan fingerprint density at radius 3 is 2.81 bits per heavy atom. The fourth-order valence-corrected chi connectivity index (χ4v) is 4.37. The number of halogens is 1. The van der Waals surface area contributed by atoms with E-state index in [2.05, 4.69) is 10.1 Å². The van der Waals surface area contributed by atoms with E-state index in [-0.39, 0.29) is 11.4 Å². The minimum atomic E-state index is -0.748. The molecule has 4 rings (SSSR count). The third-order valence-electron chi connectivity index (χ3n) is 4.39. The average Bonchev–Trinajstić information content (AvgIpc) is 3.05. The SMILES string of the molecule is Cc1sc2nc(Cn3nc(C)c4cc(F)ccc43)cc(=O)n2c1C(C)O. The van der Waals surface area contributed by atoms with Crippen LogP contribution in [0.2, 0.25) is 0 Å². The lowest BCUT2D eigenvalue weighted by Gasteiger charge is -2.07. The summed E-state index contributed by atoms with van der Waals surface area (Å²) in [6.45, 7) is 5.62. The molecule has 3 heterocycles. The highest BCUT2D eigenvalue weighted by Gasteiger charge is 2.17. The van der Waals surface area contributed by atoms with Gasteiger partial charge in [0.05, 0.1) is 35.2 Å². The van der Waals surface area contributed by atoms with Crippen LogP contribution < -0.4 is 5.56 Å². The van der Waals surface area contributed by atoms with E-state index in [1.807, 2.05) is 13.8 Å². The van der Waals surface area contributed by atoms with E-state index in [9.17, 15) is 14.3 Å². The lowest BCUT2D eigenvalue weighted by Crippen LogP contribution is -2.19. The van der Waals surface area contributed by atoms with Crippen molar-refractivity contribution in [2.24, 2.45) is 0 Å². The second-order valence-electron chi connectivity index (χ2n) is 6.33. The number of thiazole rings is 1. The Bertz CT molecular complexity index is 1210. The first-order chi connectivity index (χ1) is 12.3. The molecule has 134 valence electrons. The van der Waals surface area contributed by atoms with Gasteiger partial charge < -0.3 is 5.11 Å². The number of rotatable bonds is 3. The number of hydrogen-bond acceptors (Lipinski definition) is 5. The van der Waals surface area contributed by atoms with Gasteiger partial charge in [0.2, 0.25) is 0 Å². The molecule has 1 unspecified atom stereocenters. The molecular formula is C18H17FN4O2S. The first-order valence-electron chi connectivity index (χ1n) is 8.18. The molecule has 4 aromatic rings. The van der Waals surface area contributed by atoms with Gasteiger partial charge in [0.25, 0.3) is 5.56 Å². The largest absolute Gasteiger partial charge is 0.387 e. The van der Waals surface area contributed by atoms with Crippen molar-refractivity contribution in [3.8, 4) is 0 Å². The molecule has 0 radical (unpaired) electrons. The number of hydrogen-bond donors (Lipinski definition) is 1. The maximum atomic E-state index is 13.5. The van der Waals surface area contributed by atoms with Crippen molar-refractivity contribution in [3.63, 3.8) is 0 Å². The maximum Gasteiger partial charge on any atom is 0.259 e. The first kappa shape index (κ1) is 16.9. The summed E-state index contributed by atoms with van der Waals surface area (Å²) in [5.74, 6) is -0.308. The number of aryl methyl sites for hydroxylation is 2. The molecule has 1 atom stereocenters. The topological polar surface area (TPSA) is 72.4 Å². The molecule has 0 aliphatic heterocycles. The highest BCUT2D eigenvalue weighted by atomic mass is 32.1. The zero-order valence-corrected chi connectivity index (χ0v) is 15.3. The maximum absolute atomic E-state index is 13.5. The van der Waals surface area contributed by atoms with Gasteiger partial charge in [0.1, 0.15) is 5.82 Å². The van der Waals surface area contributed by atoms with Gasteiger partial charge in [-0.2, -0.15) is 5.10 Å². The van der Waals surface area contributed by atoms with Crippen molar-refractivity contribution in [2.45, 2.75) is 33.4 Å². The predicted molar refractivity (Wildman–Crippen MR) is 98.2 cm³/mol. The van der Waals surface area contributed by atoms with Gasteiger partial charge in [-0.15, -0.1) is 11.3 Å². The van der Waals surface area contributed by atoms with E-state index in [4.69, 9.17) is 0 Å². The smallest absolute Gasteiger partial charge is 0.259 e. The summed E-state index contributed by atoms with van der Waals surface area (Å²) >= 11 is 1.37. The van der Waals surface area contributed by atoms with Crippen molar-refractivity contribution in [3.05, 3.63) is 62.4 Å².